The van der Waals surface area contributed by atoms with E-state index in [0.717, 1.165) is 12.4 Å². The first-order chi connectivity index (χ1) is 16.7. The van der Waals surface area contributed by atoms with E-state index < -0.39 is 0 Å². The molecule has 0 aromatic heterocycles. The third kappa shape index (κ3) is 9.43. The average Bonchev–Trinajstić information content (AvgIpc) is 2.88. The van der Waals surface area contributed by atoms with E-state index in [1.807, 2.05) is 0 Å². The summed E-state index contributed by atoms with van der Waals surface area (Å²) in [5.41, 5.74) is 3.91. The van der Waals surface area contributed by atoms with Crippen molar-refractivity contribution in [1.29, 1.82) is 0 Å². The van der Waals surface area contributed by atoms with Crippen molar-refractivity contribution in [3.8, 4) is 5.75 Å². The number of ether oxygens (including phenoxy) is 1. The van der Waals surface area contributed by atoms with Gasteiger partial charge >= 0.3 is 0 Å². The molecule has 192 valence electrons. The molecule has 0 amide bonds. The molecule has 1 fully saturated rings. The van der Waals surface area contributed by atoms with Gasteiger partial charge in [-0.2, -0.15) is 0 Å². The second kappa shape index (κ2) is 15.7. The molecule has 1 aromatic rings. The molecule has 2 aliphatic rings. The fourth-order valence-electron chi connectivity index (χ4n) is 6.51. The van der Waals surface area contributed by atoms with Crippen LogP contribution < -0.4 is 4.74 Å². The predicted molar refractivity (Wildman–Crippen MR) is 149 cm³/mol. The van der Waals surface area contributed by atoms with Crippen LogP contribution in [-0.4, -0.2) is 6.61 Å². The first kappa shape index (κ1) is 27.3. The number of hydrogen-bond acceptors (Lipinski definition) is 1. The van der Waals surface area contributed by atoms with Crippen molar-refractivity contribution < 1.29 is 4.74 Å². The second-order valence-electron chi connectivity index (χ2n) is 11.5. The van der Waals surface area contributed by atoms with E-state index in [9.17, 15) is 0 Å². The Labute approximate surface area is 212 Å². The smallest absolute Gasteiger partial charge is 0.119 e. The van der Waals surface area contributed by atoms with Gasteiger partial charge in [-0.25, -0.2) is 0 Å². The molecule has 1 saturated carbocycles. The predicted octanol–water partition coefficient (Wildman–Crippen LogP) is 10.9. The molecule has 0 N–H and O–H groups in total. The van der Waals surface area contributed by atoms with Crippen molar-refractivity contribution >= 4 is 0 Å². The van der Waals surface area contributed by atoms with Gasteiger partial charge in [0.05, 0.1) is 6.61 Å². The van der Waals surface area contributed by atoms with E-state index in [1.54, 1.807) is 11.1 Å². The molecule has 34 heavy (non-hydrogen) atoms. The Morgan fingerprint density at radius 1 is 0.794 bits per heavy atom. The Bertz CT molecular complexity index is 679. The van der Waals surface area contributed by atoms with Crippen LogP contribution in [0.5, 0.6) is 5.75 Å². The van der Waals surface area contributed by atoms with Crippen LogP contribution in [0.3, 0.4) is 0 Å². The van der Waals surface area contributed by atoms with Crippen LogP contribution >= 0.6 is 0 Å². The summed E-state index contributed by atoms with van der Waals surface area (Å²) in [7, 11) is 0. The summed E-state index contributed by atoms with van der Waals surface area (Å²) >= 11 is 0. The van der Waals surface area contributed by atoms with Gasteiger partial charge in [-0.1, -0.05) is 95.4 Å². The van der Waals surface area contributed by atoms with Crippen LogP contribution in [0.25, 0.3) is 0 Å². The second-order valence-corrected chi connectivity index (χ2v) is 11.5. The molecule has 0 heterocycles. The van der Waals surface area contributed by atoms with E-state index in [4.69, 9.17) is 4.74 Å². The van der Waals surface area contributed by atoms with Crippen molar-refractivity contribution in [2.75, 3.05) is 6.61 Å². The van der Waals surface area contributed by atoms with Crippen LogP contribution in [0.2, 0.25) is 0 Å². The van der Waals surface area contributed by atoms with Gasteiger partial charge in [-0.15, -0.1) is 0 Å². The van der Waals surface area contributed by atoms with Gasteiger partial charge in [0.2, 0.25) is 0 Å². The topological polar surface area (TPSA) is 9.23 Å². The number of benzene rings is 1. The average molecular weight is 467 g/mol. The van der Waals surface area contributed by atoms with Gasteiger partial charge < -0.3 is 4.74 Å². The fourth-order valence-corrected chi connectivity index (χ4v) is 6.51. The van der Waals surface area contributed by atoms with E-state index in [0.29, 0.717) is 11.3 Å². The Morgan fingerprint density at radius 2 is 1.56 bits per heavy atom. The summed E-state index contributed by atoms with van der Waals surface area (Å²) in [6, 6.07) is 9.27. The van der Waals surface area contributed by atoms with E-state index in [-0.39, 0.29) is 0 Å². The maximum Gasteiger partial charge on any atom is 0.119 e. The fraction of sp³-hybridized carbons (Fsp3) is 0.758. The first-order valence-corrected chi connectivity index (χ1v) is 15.2. The number of allylic oxidation sites excluding steroid dienone is 2. The van der Waals surface area contributed by atoms with E-state index in [1.165, 1.54) is 128 Å². The molecule has 2 aliphatic carbocycles. The molecule has 0 radical (unpaired) electrons. The molecule has 1 aromatic carbocycles. The van der Waals surface area contributed by atoms with Gasteiger partial charge in [-0.05, 0) is 99.7 Å². The van der Waals surface area contributed by atoms with Crippen LogP contribution in [0.1, 0.15) is 154 Å². The quantitative estimate of drug-likeness (QED) is 0.174. The highest BCUT2D eigenvalue weighted by Gasteiger charge is 2.32. The molecule has 0 bridgehead atoms. The third-order valence-electron chi connectivity index (χ3n) is 8.76. The zero-order valence-corrected chi connectivity index (χ0v) is 22.7. The Hall–Kier alpha value is -1.24. The molecule has 0 saturated heterocycles. The lowest BCUT2D eigenvalue weighted by molar-refractivity contribution is 0.144. The lowest BCUT2D eigenvalue weighted by atomic mass is 9.66. The van der Waals surface area contributed by atoms with Crippen LogP contribution in [0, 0.1) is 5.41 Å². The van der Waals surface area contributed by atoms with Crippen molar-refractivity contribution in [1.82, 2.24) is 0 Å². The zero-order chi connectivity index (χ0) is 23.9. The molecular formula is C33H54O. The van der Waals surface area contributed by atoms with E-state index >= 15 is 0 Å². The van der Waals surface area contributed by atoms with Crippen LogP contribution in [0.4, 0.5) is 0 Å². The van der Waals surface area contributed by atoms with Crippen molar-refractivity contribution in [2.24, 2.45) is 5.41 Å². The first-order valence-electron chi connectivity index (χ1n) is 15.2. The lowest BCUT2D eigenvalue weighted by Gasteiger charge is -2.39. The van der Waals surface area contributed by atoms with Gasteiger partial charge in [0, 0.05) is 0 Å². The molecule has 0 aliphatic heterocycles. The standard InChI is InChI=1S/C33H54O/c1-3-5-7-15-27-34-32-20-18-30(19-21-32)31(28-29-16-10-8-11-17-29)22-26-33(23-12-6-4-2)24-13-9-14-25-33/h16,18-21,31H,3-15,17,22-28H2,1-2H3. The molecule has 3 rings (SSSR count). The van der Waals surface area contributed by atoms with Crippen molar-refractivity contribution in [2.45, 2.75) is 148 Å². The molecular weight excluding hydrogens is 412 g/mol. The van der Waals surface area contributed by atoms with Crippen molar-refractivity contribution in [3.63, 3.8) is 0 Å². The zero-order valence-electron chi connectivity index (χ0n) is 22.7. The maximum absolute atomic E-state index is 6.05. The Morgan fingerprint density at radius 3 is 2.26 bits per heavy atom. The van der Waals surface area contributed by atoms with Gasteiger partial charge in [-0.3, -0.25) is 0 Å². The van der Waals surface area contributed by atoms with Crippen LogP contribution in [0.15, 0.2) is 35.9 Å². The Kier molecular flexibility index (Phi) is 12.6. The van der Waals surface area contributed by atoms with Gasteiger partial charge in [0.25, 0.3) is 0 Å². The van der Waals surface area contributed by atoms with Gasteiger partial charge in [0.15, 0.2) is 0 Å². The summed E-state index contributed by atoms with van der Waals surface area (Å²) in [4.78, 5) is 0. The highest BCUT2D eigenvalue weighted by Crippen LogP contribution is 2.47. The molecule has 1 heteroatoms. The molecule has 0 spiro atoms. The highest BCUT2D eigenvalue weighted by atomic mass is 16.5. The third-order valence-corrected chi connectivity index (χ3v) is 8.76. The largest absolute Gasteiger partial charge is 0.494 e. The Balaban J connectivity index is 1.63. The summed E-state index contributed by atoms with van der Waals surface area (Å²) < 4.78 is 6.05. The summed E-state index contributed by atoms with van der Waals surface area (Å²) in [5, 5.41) is 0. The normalized spacial score (nSPS) is 18.9. The summed E-state index contributed by atoms with van der Waals surface area (Å²) in [6.07, 6.45) is 30.2. The minimum absolute atomic E-state index is 0.633. The minimum Gasteiger partial charge on any atom is -0.494 e. The molecule has 1 atom stereocenters. The van der Waals surface area contributed by atoms with Crippen molar-refractivity contribution in [3.05, 3.63) is 41.5 Å². The number of hydrogen-bond donors (Lipinski definition) is 0. The van der Waals surface area contributed by atoms with E-state index in [2.05, 4.69) is 44.2 Å². The number of unbranched alkanes of at least 4 members (excludes halogenated alkanes) is 5. The monoisotopic (exact) mass is 466 g/mol. The summed E-state index contributed by atoms with van der Waals surface area (Å²) in [5.74, 6) is 1.73. The SMILES string of the molecule is CCCCCCOc1ccc(C(CCC2(CCCCC)CCCCC2)CC2=CCCCC2)cc1. The minimum atomic E-state index is 0.633. The molecule has 1 unspecified atom stereocenters. The maximum atomic E-state index is 6.05. The summed E-state index contributed by atoms with van der Waals surface area (Å²) in [6.45, 7) is 5.47. The van der Waals surface area contributed by atoms with Gasteiger partial charge in [0.1, 0.15) is 5.75 Å². The highest BCUT2D eigenvalue weighted by molar-refractivity contribution is 5.30. The molecule has 1 nitrogen and oxygen atoms in total. The number of rotatable bonds is 16. The lowest BCUT2D eigenvalue weighted by Crippen LogP contribution is -2.25. The van der Waals surface area contributed by atoms with Crippen LogP contribution in [-0.2, 0) is 0 Å².